The average Bonchev–Trinajstić information content (AvgIpc) is 3.37. The molecule has 1 saturated heterocycles. The number of ether oxygens (including phenoxy) is 2. The van der Waals surface area contributed by atoms with E-state index in [1.165, 1.54) is 29.5 Å². The molecule has 4 rings (SSSR count). The fourth-order valence-electron chi connectivity index (χ4n) is 3.30. The van der Waals surface area contributed by atoms with Gasteiger partial charge in [0.1, 0.15) is 10.6 Å². The number of fused-ring (bicyclic) bond motifs is 1. The second-order valence-electron chi connectivity index (χ2n) is 6.87. The fraction of sp³-hybridized carbons (Fsp3) is 0.421. The fourth-order valence-corrected chi connectivity index (χ4v) is 5.17. The van der Waals surface area contributed by atoms with Crippen molar-refractivity contribution < 1.29 is 27.4 Å². The van der Waals surface area contributed by atoms with E-state index in [1.807, 2.05) is 6.92 Å². The minimum absolute atomic E-state index is 0.112. The van der Waals surface area contributed by atoms with Gasteiger partial charge in [-0.3, -0.25) is 9.69 Å². The molecule has 0 aliphatic carbocycles. The molecule has 0 radical (unpaired) electrons. The number of hydrogen-bond donors (Lipinski definition) is 0. The summed E-state index contributed by atoms with van der Waals surface area (Å²) in [4.78, 5) is 24.2. The van der Waals surface area contributed by atoms with E-state index in [2.05, 4.69) is 14.7 Å². The van der Waals surface area contributed by atoms with Crippen LogP contribution in [-0.4, -0.2) is 41.5 Å². The number of benzene rings is 1. The molecule has 0 N–H and O–H groups in total. The van der Waals surface area contributed by atoms with Crippen molar-refractivity contribution in [3.05, 3.63) is 33.8 Å². The van der Waals surface area contributed by atoms with Crippen molar-refractivity contribution in [2.75, 3.05) is 18.1 Å². The molecule has 6 nitrogen and oxygen atoms in total. The molecule has 3 heterocycles. The lowest BCUT2D eigenvalue weighted by Crippen LogP contribution is -2.37. The average molecular weight is 457 g/mol. The molecule has 1 fully saturated rings. The number of aryl methyl sites for hydroxylation is 2. The van der Waals surface area contributed by atoms with Crippen LogP contribution in [0, 0.1) is 13.8 Å². The van der Waals surface area contributed by atoms with E-state index in [-0.39, 0.29) is 17.8 Å². The maximum atomic E-state index is 13.3. The molecule has 0 saturated carbocycles. The van der Waals surface area contributed by atoms with E-state index >= 15 is 0 Å². The third kappa shape index (κ3) is 4.57. The molecule has 1 amide bonds. The van der Waals surface area contributed by atoms with Crippen LogP contribution in [0.4, 0.5) is 18.3 Å². The molecular formula is C19H18F3N3O3S2. The van der Waals surface area contributed by atoms with E-state index in [1.54, 1.807) is 11.8 Å². The van der Waals surface area contributed by atoms with Crippen molar-refractivity contribution in [2.45, 2.75) is 39.2 Å². The third-order valence-electron chi connectivity index (χ3n) is 4.57. The number of carbonyl (C=O) groups excluding carboxylic acids is 1. The van der Waals surface area contributed by atoms with E-state index in [0.29, 0.717) is 39.1 Å². The monoisotopic (exact) mass is 457 g/mol. The minimum atomic E-state index is -4.77. The molecule has 0 bridgehead atoms. The summed E-state index contributed by atoms with van der Waals surface area (Å²) in [5, 5.41) is 1.19. The first kappa shape index (κ1) is 21.0. The Hall–Kier alpha value is -2.24. The highest BCUT2D eigenvalue weighted by Gasteiger charge is 2.32. The molecule has 3 aromatic rings. The molecule has 1 aliphatic rings. The van der Waals surface area contributed by atoms with Gasteiger partial charge in [-0.1, -0.05) is 11.3 Å². The van der Waals surface area contributed by atoms with Gasteiger partial charge in [0.2, 0.25) is 0 Å². The third-order valence-corrected chi connectivity index (χ3v) is 6.67. The smallest absolute Gasteiger partial charge is 0.406 e. The summed E-state index contributed by atoms with van der Waals surface area (Å²) in [5.41, 5.74) is 1.13. The molecule has 1 unspecified atom stereocenters. The van der Waals surface area contributed by atoms with Crippen LogP contribution in [0.3, 0.4) is 0 Å². The van der Waals surface area contributed by atoms with Crippen LogP contribution in [0.1, 0.15) is 33.2 Å². The van der Waals surface area contributed by atoms with Crippen LogP contribution >= 0.6 is 22.7 Å². The van der Waals surface area contributed by atoms with Gasteiger partial charge < -0.3 is 9.47 Å². The molecule has 1 aromatic carbocycles. The Kier molecular flexibility index (Phi) is 5.69. The first-order valence-corrected chi connectivity index (χ1v) is 10.9. The van der Waals surface area contributed by atoms with Crippen LogP contribution in [0.5, 0.6) is 5.75 Å². The summed E-state index contributed by atoms with van der Waals surface area (Å²) in [6.07, 6.45) is -3.13. The minimum Gasteiger partial charge on any atom is -0.406 e. The van der Waals surface area contributed by atoms with Crippen LogP contribution in [0.25, 0.3) is 10.2 Å². The summed E-state index contributed by atoms with van der Waals surface area (Å²) >= 11 is 2.45. The van der Waals surface area contributed by atoms with Gasteiger partial charge in [0.25, 0.3) is 5.91 Å². The largest absolute Gasteiger partial charge is 0.573 e. The summed E-state index contributed by atoms with van der Waals surface area (Å²) in [6.45, 7) is 4.57. The van der Waals surface area contributed by atoms with Gasteiger partial charge in [-0.25, -0.2) is 9.97 Å². The Morgan fingerprint density at radius 3 is 2.73 bits per heavy atom. The highest BCUT2D eigenvalue weighted by Crippen LogP contribution is 2.35. The second-order valence-corrected chi connectivity index (χ2v) is 9.08. The summed E-state index contributed by atoms with van der Waals surface area (Å²) < 4.78 is 47.8. The summed E-state index contributed by atoms with van der Waals surface area (Å²) in [6, 6.07) is 3.94. The molecule has 11 heteroatoms. The van der Waals surface area contributed by atoms with Gasteiger partial charge in [0.15, 0.2) is 5.13 Å². The normalized spacial score (nSPS) is 16.9. The van der Waals surface area contributed by atoms with Crippen molar-refractivity contribution in [3.63, 3.8) is 0 Å². The van der Waals surface area contributed by atoms with Crippen LogP contribution in [0.15, 0.2) is 18.2 Å². The predicted octanol–water partition coefficient (Wildman–Crippen LogP) is 5.09. The van der Waals surface area contributed by atoms with E-state index < -0.39 is 6.36 Å². The number of carbonyl (C=O) groups is 1. The molecule has 1 atom stereocenters. The number of amides is 1. The van der Waals surface area contributed by atoms with Gasteiger partial charge in [-0.15, -0.1) is 24.5 Å². The van der Waals surface area contributed by atoms with Crippen molar-refractivity contribution >= 4 is 43.9 Å². The Morgan fingerprint density at radius 2 is 2.10 bits per heavy atom. The van der Waals surface area contributed by atoms with Crippen molar-refractivity contribution in [3.8, 4) is 5.75 Å². The predicted molar refractivity (Wildman–Crippen MR) is 109 cm³/mol. The van der Waals surface area contributed by atoms with E-state index in [9.17, 15) is 18.0 Å². The van der Waals surface area contributed by atoms with Gasteiger partial charge >= 0.3 is 6.36 Å². The molecule has 30 heavy (non-hydrogen) atoms. The molecule has 1 aliphatic heterocycles. The summed E-state index contributed by atoms with van der Waals surface area (Å²) in [5.74, 6) is -0.560. The highest BCUT2D eigenvalue weighted by molar-refractivity contribution is 7.22. The first-order valence-electron chi connectivity index (χ1n) is 9.23. The quantitative estimate of drug-likeness (QED) is 0.534. The van der Waals surface area contributed by atoms with Gasteiger partial charge in [0.05, 0.1) is 33.6 Å². The highest BCUT2D eigenvalue weighted by atomic mass is 32.1. The molecule has 2 aromatic heterocycles. The van der Waals surface area contributed by atoms with E-state index in [4.69, 9.17) is 4.74 Å². The lowest BCUT2D eigenvalue weighted by molar-refractivity contribution is -0.274. The zero-order valence-corrected chi connectivity index (χ0v) is 17.8. The van der Waals surface area contributed by atoms with Crippen molar-refractivity contribution in [1.82, 2.24) is 9.97 Å². The Bertz CT molecular complexity index is 1070. The second kappa shape index (κ2) is 8.12. The van der Waals surface area contributed by atoms with Crippen molar-refractivity contribution in [2.24, 2.45) is 0 Å². The number of thiazole rings is 2. The number of anilines is 1. The molecule has 160 valence electrons. The Labute approximate surface area is 178 Å². The lowest BCUT2D eigenvalue weighted by Gasteiger charge is -2.22. The number of hydrogen-bond acceptors (Lipinski definition) is 7. The lowest BCUT2D eigenvalue weighted by atomic mass is 10.2. The van der Waals surface area contributed by atoms with Gasteiger partial charge in [-0.05, 0) is 38.8 Å². The molecule has 0 spiro atoms. The van der Waals surface area contributed by atoms with Crippen LogP contribution in [0.2, 0.25) is 0 Å². The standard InChI is InChI=1S/C19H18F3N3O3S2/c1-10-16(29-11(2)23-10)17(26)25(9-13-4-3-7-27-13)18-24-14-6-5-12(8-15(14)30-18)28-19(20,21)22/h5-6,8,13H,3-4,7,9H2,1-2H3. The van der Waals surface area contributed by atoms with Crippen LogP contribution in [-0.2, 0) is 4.74 Å². The summed E-state index contributed by atoms with van der Waals surface area (Å²) in [7, 11) is 0. The maximum absolute atomic E-state index is 13.3. The number of nitrogens with zero attached hydrogens (tertiary/aromatic N) is 3. The first-order chi connectivity index (χ1) is 14.2. The SMILES string of the molecule is Cc1nc(C)c(C(=O)N(CC2CCCO2)c2nc3ccc(OC(F)(F)F)cc3s2)s1. The Morgan fingerprint density at radius 1 is 1.30 bits per heavy atom. The zero-order valence-electron chi connectivity index (χ0n) is 16.2. The zero-order chi connectivity index (χ0) is 21.5. The number of halogens is 3. The number of alkyl halides is 3. The van der Waals surface area contributed by atoms with Crippen LogP contribution < -0.4 is 9.64 Å². The number of aromatic nitrogens is 2. The molecular weight excluding hydrogens is 439 g/mol. The Balaban J connectivity index is 1.69. The van der Waals surface area contributed by atoms with E-state index in [0.717, 1.165) is 29.2 Å². The van der Waals surface area contributed by atoms with Gasteiger partial charge in [-0.2, -0.15) is 0 Å². The van der Waals surface area contributed by atoms with Gasteiger partial charge in [0, 0.05) is 12.7 Å². The topological polar surface area (TPSA) is 64.6 Å². The maximum Gasteiger partial charge on any atom is 0.573 e. The van der Waals surface area contributed by atoms with Crippen molar-refractivity contribution in [1.29, 1.82) is 0 Å². The number of rotatable bonds is 5.